The lowest BCUT2D eigenvalue weighted by Crippen LogP contribution is -2.19. The predicted molar refractivity (Wildman–Crippen MR) is 57.9 cm³/mol. The second kappa shape index (κ2) is 5.41. The second-order valence-corrected chi connectivity index (χ2v) is 3.25. The van der Waals surface area contributed by atoms with Crippen molar-refractivity contribution >= 4 is 0 Å². The van der Waals surface area contributed by atoms with Crippen LogP contribution in [0.3, 0.4) is 0 Å². The van der Waals surface area contributed by atoms with E-state index >= 15 is 0 Å². The zero-order chi connectivity index (χ0) is 10.4. The van der Waals surface area contributed by atoms with Gasteiger partial charge in [0.1, 0.15) is 0 Å². The molecule has 2 heteroatoms. The van der Waals surface area contributed by atoms with Crippen molar-refractivity contribution in [3.05, 3.63) is 35.4 Å². The summed E-state index contributed by atoms with van der Waals surface area (Å²) in [4.78, 5) is 0. The van der Waals surface area contributed by atoms with E-state index in [4.69, 9.17) is 5.26 Å². The Morgan fingerprint density at radius 3 is 2.36 bits per heavy atom. The number of rotatable bonds is 4. The maximum atomic E-state index is 8.66. The van der Waals surface area contributed by atoms with Crippen molar-refractivity contribution in [2.24, 2.45) is 0 Å². The van der Waals surface area contributed by atoms with Crippen LogP contribution < -0.4 is 5.32 Å². The van der Waals surface area contributed by atoms with Crippen LogP contribution in [-0.4, -0.2) is 6.54 Å². The molecule has 1 atom stereocenters. The van der Waals surface area contributed by atoms with Crippen molar-refractivity contribution < 1.29 is 0 Å². The van der Waals surface area contributed by atoms with Gasteiger partial charge in [-0.2, -0.15) is 5.26 Å². The lowest BCUT2D eigenvalue weighted by atomic mass is 10.0. The highest BCUT2D eigenvalue weighted by Gasteiger charge is 2.06. The lowest BCUT2D eigenvalue weighted by molar-refractivity contribution is 0.537. The molecule has 0 spiro atoms. The van der Waals surface area contributed by atoms with Gasteiger partial charge in [0.25, 0.3) is 0 Å². The van der Waals surface area contributed by atoms with Crippen molar-refractivity contribution in [1.29, 1.82) is 5.26 Å². The van der Waals surface area contributed by atoms with Gasteiger partial charge in [-0.05, 0) is 30.7 Å². The summed E-state index contributed by atoms with van der Waals surface area (Å²) in [6.07, 6.45) is 1.07. The molecule has 0 saturated carbocycles. The number of nitriles is 1. The van der Waals surface area contributed by atoms with Crippen LogP contribution in [0.25, 0.3) is 0 Å². The summed E-state index contributed by atoms with van der Waals surface area (Å²) in [5.74, 6) is 0. The molecular formula is C12H16N2. The highest BCUT2D eigenvalue weighted by Crippen LogP contribution is 2.16. The fourth-order valence-electron chi connectivity index (χ4n) is 1.53. The Morgan fingerprint density at radius 1 is 1.29 bits per heavy atom. The van der Waals surface area contributed by atoms with Crippen LogP contribution in [0.2, 0.25) is 0 Å². The third-order valence-electron chi connectivity index (χ3n) is 2.30. The summed E-state index contributed by atoms with van der Waals surface area (Å²) < 4.78 is 0. The summed E-state index contributed by atoms with van der Waals surface area (Å²) in [6, 6.07) is 10.3. The van der Waals surface area contributed by atoms with Gasteiger partial charge in [0, 0.05) is 6.04 Å². The Kier molecular flexibility index (Phi) is 4.15. The molecule has 0 heterocycles. The van der Waals surface area contributed by atoms with E-state index in [2.05, 4.69) is 25.2 Å². The highest BCUT2D eigenvalue weighted by atomic mass is 14.9. The van der Waals surface area contributed by atoms with Crippen LogP contribution in [0, 0.1) is 11.3 Å². The van der Waals surface area contributed by atoms with E-state index in [1.54, 1.807) is 0 Å². The number of nitrogens with one attached hydrogen (secondary N) is 1. The minimum absolute atomic E-state index is 0.410. The van der Waals surface area contributed by atoms with Crippen molar-refractivity contribution in [1.82, 2.24) is 5.32 Å². The zero-order valence-corrected chi connectivity index (χ0v) is 8.75. The average Bonchev–Trinajstić information content (AvgIpc) is 2.26. The fraction of sp³-hybridized carbons (Fsp3) is 0.417. The minimum atomic E-state index is 0.410. The predicted octanol–water partition coefficient (Wildman–Crippen LogP) is 2.62. The molecule has 1 N–H and O–H groups in total. The van der Waals surface area contributed by atoms with Crippen molar-refractivity contribution in [3.63, 3.8) is 0 Å². The maximum Gasteiger partial charge on any atom is 0.0991 e. The standard InChI is InChI=1S/C12H16N2/c1-3-12(14-4-2)11-7-5-10(9-13)6-8-11/h5-8,12,14H,3-4H2,1-2H3. The molecule has 74 valence electrons. The van der Waals surface area contributed by atoms with Gasteiger partial charge in [-0.1, -0.05) is 26.0 Å². The van der Waals surface area contributed by atoms with Crippen LogP contribution in [0.1, 0.15) is 37.4 Å². The molecule has 1 aromatic carbocycles. The van der Waals surface area contributed by atoms with Gasteiger partial charge in [0.05, 0.1) is 11.6 Å². The second-order valence-electron chi connectivity index (χ2n) is 3.25. The molecule has 0 aliphatic rings. The molecule has 0 bridgehead atoms. The van der Waals surface area contributed by atoms with E-state index in [-0.39, 0.29) is 0 Å². The summed E-state index contributed by atoms with van der Waals surface area (Å²) in [5, 5.41) is 12.1. The van der Waals surface area contributed by atoms with Crippen molar-refractivity contribution in [2.45, 2.75) is 26.3 Å². The minimum Gasteiger partial charge on any atom is -0.310 e. The Morgan fingerprint density at radius 2 is 1.93 bits per heavy atom. The van der Waals surface area contributed by atoms with E-state index in [1.165, 1.54) is 5.56 Å². The van der Waals surface area contributed by atoms with Crippen LogP contribution in [-0.2, 0) is 0 Å². The summed E-state index contributed by atoms with van der Waals surface area (Å²) >= 11 is 0. The van der Waals surface area contributed by atoms with Crippen LogP contribution in [0.4, 0.5) is 0 Å². The molecule has 0 amide bonds. The van der Waals surface area contributed by atoms with E-state index < -0.39 is 0 Å². The number of hydrogen-bond acceptors (Lipinski definition) is 2. The normalized spacial score (nSPS) is 12.1. The molecule has 0 saturated heterocycles. The van der Waals surface area contributed by atoms with Crippen molar-refractivity contribution in [3.8, 4) is 6.07 Å². The summed E-state index contributed by atoms with van der Waals surface area (Å²) in [6.45, 7) is 5.23. The van der Waals surface area contributed by atoms with Gasteiger partial charge in [0.2, 0.25) is 0 Å². The van der Waals surface area contributed by atoms with Crippen LogP contribution >= 0.6 is 0 Å². The molecule has 0 aromatic heterocycles. The monoisotopic (exact) mass is 188 g/mol. The Labute approximate surface area is 85.6 Å². The first kappa shape index (κ1) is 10.7. The molecule has 0 fully saturated rings. The van der Waals surface area contributed by atoms with Crippen LogP contribution in [0.15, 0.2) is 24.3 Å². The fourth-order valence-corrected chi connectivity index (χ4v) is 1.53. The van der Waals surface area contributed by atoms with Gasteiger partial charge in [0.15, 0.2) is 0 Å². The maximum absolute atomic E-state index is 8.66. The average molecular weight is 188 g/mol. The van der Waals surface area contributed by atoms with Gasteiger partial charge in [-0.15, -0.1) is 0 Å². The molecule has 1 aromatic rings. The Bertz CT molecular complexity index is 308. The number of benzene rings is 1. The first-order valence-corrected chi connectivity index (χ1v) is 5.05. The third-order valence-corrected chi connectivity index (χ3v) is 2.30. The summed E-state index contributed by atoms with van der Waals surface area (Å²) in [7, 11) is 0. The molecule has 14 heavy (non-hydrogen) atoms. The van der Waals surface area contributed by atoms with Crippen molar-refractivity contribution in [2.75, 3.05) is 6.54 Å². The van der Waals surface area contributed by atoms with E-state index in [9.17, 15) is 0 Å². The largest absolute Gasteiger partial charge is 0.310 e. The third kappa shape index (κ3) is 2.58. The van der Waals surface area contributed by atoms with Gasteiger partial charge >= 0.3 is 0 Å². The molecule has 0 aliphatic carbocycles. The highest BCUT2D eigenvalue weighted by molar-refractivity contribution is 5.32. The topological polar surface area (TPSA) is 35.8 Å². The molecule has 1 rings (SSSR count). The Hall–Kier alpha value is -1.33. The molecular weight excluding hydrogens is 172 g/mol. The molecule has 0 aliphatic heterocycles. The van der Waals surface area contributed by atoms with E-state index in [0.717, 1.165) is 18.5 Å². The molecule has 1 unspecified atom stereocenters. The van der Waals surface area contributed by atoms with E-state index in [1.807, 2.05) is 24.3 Å². The number of nitrogens with zero attached hydrogens (tertiary/aromatic N) is 1. The first-order chi connectivity index (χ1) is 6.81. The van der Waals surface area contributed by atoms with Gasteiger partial charge in [-0.3, -0.25) is 0 Å². The van der Waals surface area contributed by atoms with Gasteiger partial charge < -0.3 is 5.32 Å². The van der Waals surface area contributed by atoms with Crippen LogP contribution in [0.5, 0.6) is 0 Å². The first-order valence-electron chi connectivity index (χ1n) is 5.05. The Balaban J connectivity index is 2.79. The SMILES string of the molecule is CCNC(CC)c1ccc(C#N)cc1. The van der Waals surface area contributed by atoms with Gasteiger partial charge in [-0.25, -0.2) is 0 Å². The summed E-state index contributed by atoms with van der Waals surface area (Å²) in [5.41, 5.74) is 1.98. The lowest BCUT2D eigenvalue weighted by Gasteiger charge is -2.15. The molecule has 2 nitrogen and oxygen atoms in total. The smallest absolute Gasteiger partial charge is 0.0991 e. The number of hydrogen-bond donors (Lipinski definition) is 1. The quantitative estimate of drug-likeness (QED) is 0.788. The van der Waals surface area contributed by atoms with E-state index in [0.29, 0.717) is 6.04 Å². The molecule has 0 radical (unpaired) electrons. The zero-order valence-electron chi connectivity index (χ0n) is 8.75.